The van der Waals surface area contributed by atoms with Gasteiger partial charge in [-0.05, 0) is 91.8 Å². The lowest BCUT2D eigenvalue weighted by atomic mass is 10.0. The van der Waals surface area contributed by atoms with Crippen molar-refractivity contribution in [1.29, 1.82) is 0 Å². The first-order chi connectivity index (χ1) is 25.7. The molecule has 0 aliphatic carbocycles. The number of phenols is 1. The molecule has 6 N–H and O–H groups in total. The smallest absolute Gasteiger partial charge is 0.490 e. The van der Waals surface area contributed by atoms with Crippen LogP contribution in [0.2, 0.25) is 0 Å². The van der Waals surface area contributed by atoms with Crippen LogP contribution in [0.5, 0.6) is 5.75 Å². The van der Waals surface area contributed by atoms with Gasteiger partial charge in [-0.2, -0.15) is 13.2 Å². The number of piperidine rings is 1. The number of aromatic amines is 1. The molecule has 0 radical (unpaired) electrons. The summed E-state index contributed by atoms with van der Waals surface area (Å²) in [5.74, 6) is -2.77. The number of aryl methyl sites for hydroxylation is 1. The van der Waals surface area contributed by atoms with Gasteiger partial charge in [-0.1, -0.05) is 24.3 Å². The first-order valence-electron chi connectivity index (χ1n) is 17.7. The number of H-pyrrole nitrogens is 1. The number of esters is 1. The van der Waals surface area contributed by atoms with Gasteiger partial charge in [-0.3, -0.25) is 14.4 Å². The molecule has 0 saturated carbocycles. The molecule has 1 aromatic heterocycles. The minimum atomic E-state index is -5.02. The Kier molecular flexibility index (Phi) is 13.1. The fourth-order valence-electron chi connectivity index (χ4n) is 6.34. The van der Waals surface area contributed by atoms with Gasteiger partial charge in [0.15, 0.2) is 0 Å². The monoisotopic (exact) mass is 751 g/mol. The molecule has 4 aromatic rings. The number of aliphatic hydroxyl groups excluding tert-OH is 1. The number of aromatic nitrogens is 1. The van der Waals surface area contributed by atoms with Crippen molar-refractivity contribution in [3.05, 3.63) is 105 Å². The van der Waals surface area contributed by atoms with Crippen LogP contribution >= 0.6 is 0 Å². The summed E-state index contributed by atoms with van der Waals surface area (Å²) < 4.78 is 41.9. The number of alkyl halides is 3. The second-order valence-electron chi connectivity index (χ2n) is 13.6. The lowest BCUT2D eigenvalue weighted by Crippen LogP contribution is -2.41. The second kappa shape index (κ2) is 17.7. The van der Waals surface area contributed by atoms with Gasteiger partial charge in [-0.15, -0.1) is 0 Å². The number of likely N-dealkylation sites (tertiary alicyclic amines) is 1. The third-order valence-electron chi connectivity index (χ3n) is 9.46. The van der Waals surface area contributed by atoms with Gasteiger partial charge in [0.2, 0.25) is 11.5 Å². The van der Waals surface area contributed by atoms with Crippen LogP contribution in [0.15, 0.2) is 71.5 Å². The Bertz CT molecular complexity index is 2010. The van der Waals surface area contributed by atoms with E-state index in [0.29, 0.717) is 48.3 Å². The summed E-state index contributed by atoms with van der Waals surface area (Å²) in [5.41, 5.74) is 4.23. The predicted octanol–water partition coefficient (Wildman–Crippen LogP) is 4.62. The zero-order chi connectivity index (χ0) is 39.0. The molecule has 2 amide bonds. The molecule has 1 aliphatic heterocycles. The molecule has 0 spiro atoms. The van der Waals surface area contributed by atoms with E-state index >= 15 is 0 Å². The Morgan fingerprint density at radius 3 is 2.44 bits per heavy atom. The fourth-order valence-corrected chi connectivity index (χ4v) is 6.34. The van der Waals surface area contributed by atoms with Crippen molar-refractivity contribution < 1.29 is 42.5 Å². The molecule has 1 unspecified atom stereocenters. The number of hydrogen-bond donors (Lipinski definition) is 6. The molecule has 1 saturated heterocycles. The summed E-state index contributed by atoms with van der Waals surface area (Å²) in [7, 11) is 0. The number of carbonyl (C=O) groups excluding carboxylic acids is 3. The van der Waals surface area contributed by atoms with Crippen molar-refractivity contribution in [3.8, 4) is 5.75 Å². The van der Waals surface area contributed by atoms with Crippen LogP contribution < -0.4 is 21.5 Å². The Morgan fingerprint density at radius 2 is 1.74 bits per heavy atom. The van der Waals surface area contributed by atoms with Crippen LogP contribution in [0.1, 0.15) is 64.9 Å². The average molecular weight is 752 g/mol. The number of anilines is 1. The molecular formula is C39H44F3N5O7. The highest BCUT2D eigenvalue weighted by molar-refractivity contribution is 6.04. The summed E-state index contributed by atoms with van der Waals surface area (Å²) in [4.78, 5) is 53.0. The SMILES string of the molecule is Cc1ccc(C(=O)Nc2ccc(CC(C)NC[C@H](O)c3ccc(O)c4[nH]c(=O)ccc34)cc2)cc1CNC(=O)CCN1CCC(OC(=O)C(F)(F)F)CC1. The number of ether oxygens (including phenoxy) is 1. The van der Waals surface area contributed by atoms with E-state index in [4.69, 9.17) is 0 Å². The van der Waals surface area contributed by atoms with Gasteiger partial charge in [0.25, 0.3) is 5.91 Å². The van der Waals surface area contributed by atoms with E-state index in [1.807, 2.05) is 49.1 Å². The number of nitrogens with one attached hydrogen (secondary N) is 4. The molecule has 54 heavy (non-hydrogen) atoms. The summed E-state index contributed by atoms with van der Waals surface area (Å²) in [5, 5.41) is 30.7. The molecule has 2 heterocycles. The van der Waals surface area contributed by atoms with Crippen molar-refractivity contribution in [3.63, 3.8) is 0 Å². The lowest BCUT2D eigenvalue weighted by molar-refractivity contribution is -0.206. The number of pyridine rings is 1. The highest BCUT2D eigenvalue weighted by Crippen LogP contribution is 2.29. The van der Waals surface area contributed by atoms with Gasteiger partial charge >= 0.3 is 12.1 Å². The number of aromatic hydroxyl groups is 1. The maximum Gasteiger partial charge on any atom is 0.490 e. The maximum atomic E-state index is 13.1. The predicted molar refractivity (Wildman–Crippen MR) is 196 cm³/mol. The molecule has 15 heteroatoms. The number of nitrogens with zero attached hydrogens (tertiary/aromatic N) is 1. The van der Waals surface area contributed by atoms with Crippen LogP contribution in [-0.4, -0.2) is 82.4 Å². The Balaban J connectivity index is 1.04. The zero-order valence-corrected chi connectivity index (χ0v) is 30.0. The molecule has 1 fully saturated rings. The molecule has 5 rings (SSSR count). The van der Waals surface area contributed by atoms with Gasteiger partial charge in [0.1, 0.15) is 11.9 Å². The third kappa shape index (κ3) is 10.9. The Hall–Kier alpha value is -5.25. The van der Waals surface area contributed by atoms with E-state index < -0.39 is 24.4 Å². The number of benzene rings is 3. The number of carbonyl (C=O) groups is 3. The van der Waals surface area contributed by atoms with Crippen molar-refractivity contribution in [1.82, 2.24) is 20.5 Å². The van der Waals surface area contributed by atoms with Crippen LogP contribution in [0.4, 0.5) is 18.9 Å². The largest absolute Gasteiger partial charge is 0.506 e. The molecule has 12 nitrogen and oxygen atoms in total. The van der Waals surface area contributed by atoms with Gasteiger partial charge < -0.3 is 40.8 Å². The van der Waals surface area contributed by atoms with E-state index in [0.717, 1.165) is 16.7 Å². The first kappa shape index (κ1) is 39.9. The number of amides is 2. The lowest BCUT2D eigenvalue weighted by Gasteiger charge is -2.31. The van der Waals surface area contributed by atoms with E-state index in [-0.39, 0.29) is 67.0 Å². The highest BCUT2D eigenvalue weighted by Gasteiger charge is 2.42. The molecule has 0 bridgehead atoms. The van der Waals surface area contributed by atoms with E-state index in [2.05, 4.69) is 25.7 Å². The molecular weight excluding hydrogens is 707 g/mol. The number of aliphatic hydroxyl groups is 1. The van der Waals surface area contributed by atoms with Gasteiger partial charge in [0.05, 0.1) is 11.6 Å². The number of hydrogen-bond acceptors (Lipinski definition) is 9. The number of rotatable bonds is 14. The number of phenolic OH excluding ortho intramolecular Hbond substituents is 1. The van der Waals surface area contributed by atoms with Gasteiger partial charge in [-0.25, -0.2) is 4.79 Å². The second-order valence-corrected chi connectivity index (χ2v) is 13.6. The quantitative estimate of drug-likeness (QED) is 0.101. The van der Waals surface area contributed by atoms with E-state index in [1.165, 1.54) is 12.1 Å². The van der Waals surface area contributed by atoms with Crippen LogP contribution in [0.3, 0.4) is 0 Å². The molecule has 288 valence electrons. The summed E-state index contributed by atoms with van der Waals surface area (Å²) in [6, 6.07) is 18.7. The minimum Gasteiger partial charge on any atom is -0.506 e. The number of halogens is 3. The van der Waals surface area contributed by atoms with Crippen molar-refractivity contribution in [2.75, 3.05) is 31.5 Å². The molecule has 1 aliphatic rings. The molecule has 3 aromatic carbocycles. The minimum absolute atomic E-state index is 0.00461. The van der Waals surface area contributed by atoms with E-state index in [1.54, 1.807) is 24.3 Å². The van der Waals surface area contributed by atoms with Crippen LogP contribution in [0.25, 0.3) is 10.9 Å². The number of fused-ring (bicyclic) bond motifs is 1. The van der Waals surface area contributed by atoms with Crippen molar-refractivity contribution in [2.45, 2.75) is 70.5 Å². The first-order valence-corrected chi connectivity index (χ1v) is 17.7. The highest BCUT2D eigenvalue weighted by atomic mass is 19.4. The normalized spacial score (nSPS) is 15.1. The Labute approximate surface area is 309 Å². The fraction of sp³-hybridized carbons (Fsp3) is 0.385. The summed E-state index contributed by atoms with van der Waals surface area (Å²) in [6.45, 7) is 5.57. The molecule has 2 atom stereocenters. The average Bonchev–Trinajstić information content (AvgIpc) is 3.14. The van der Waals surface area contributed by atoms with Crippen molar-refractivity contribution in [2.24, 2.45) is 0 Å². The van der Waals surface area contributed by atoms with Crippen LogP contribution in [-0.2, 0) is 27.3 Å². The topological polar surface area (TPSA) is 173 Å². The van der Waals surface area contributed by atoms with Crippen LogP contribution in [0, 0.1) is 6.92 Å². The summed E-state index contributed by atoms with van der Waals surface area (Å²) in [6.07, 6.45) is -5.33. The maximum absolute atomic E-state index is 13.1. The third-order valence-corrected chi connectivity index (χ3v) is 9.46. The van der Waals surface area contributed by atoms with Crippen molar-refractivity contribution >= 4 is 34.4 Å². The summed E-state index contributed by atoms with van der Waals surface area (Å²) >= 11 is 0. The van der Waals surface area contributed by atoms with Gasteiger partial charge in [0, 0.05) is 67.9 Å². The zero-order valence-electron chi connectivity index (χ0n) is 30.0. The standard InChI is InChI=1S/C39H44F3N5O7/c1-23-3-6-26(20-27(23)21-44-34(50)15-18-47-16-13-29(14-17-47)54-38(53)39(40,41)42)37(52)45-28-7-4-25(5-8-28)19-24(2)43-22-33(49)30-9-11-32(48)36-31(30)10-12-35(51)46-36/h3-12,20,24,29,33,43,48-49H,13-19,21-22H2,1-2H3,(H,44,50)(H,45,52)(H,46,51)/t24?,33-/m0/s1. The Morgan fingerprint density at radius 1 is 1.02 bits per heavy atom. The van der Waals surface area contributed by atoms with E-state index in [9.17, 15) is 42.6 Å².